The summed E-state index contributed by atoms with van der Waals surface area (Å²) in [5.41, 5.74) is 2.32. The summed E-state index contributed by atoms with van der Waals surface area (Å²) in [7, 11) is 3.25. The molecule has 0 bridgehead atoms. The molecule has 1 N–H and O–H groups in total. The van der Waals surface area contributed by atoms with Gasteiger partial charge in [-0.1, -0.05) is 12.1 Å². The number of likely N-dealkylation sites (tertiary alicyclic amines) is 1. The van der Waals surface area contributed by atoms with E-state index in [-0.39, 0.29) is 35.9 Å². The van der Waals surface area contributed by atoms with Crippen molar-refractivity contribution in [3.63, 3.8) is 0 Å². The predicted octanol–water partition coefficient (Wildman–Crippen LogP) is 2.49. The van der Waals surface area contributed by atoms with Crippen LogP contribution < -0.4 is 5.32 Å². The van der Waals surface area contributed by atoms with Crippen LogP contribution in [-0.2, 0) is 16.0 Å². The number of ether oxygens (including phenoxy) is 1. The molecular weight excluding hydrogens is 469 g/mol. The molecule has 3 rings (SSSR count). The largest absolute Gasteiger partial charge is 0.469 e. The molecule has 0 aliphatic carbocycles. The third kappa shape index (κ3) is 5.70. The van der Waals surface area contributed by atoms with E-state index in [4.69, 9.17) is 4.74 Å². The first-order chi connectivity index (χ1) is 13.2. The second kappa shape index (κ2) is 11.0. The van der Waals surface area contributed by atoms with Gasteiger partial charge < -0.3 is 15.0 Å². The van der Waals surface area contributed by atoms with Crippen LogP contribution in [0.5, 0.6) is 0 Å². The number of guanidine groups is 1. The van der Waals surface area contributed by atoms with Crippen molar-refractivity contribution < 1.29 is 9.53 Å². The van der Waals surface area contributed by atoms with E-state index in [9.17, 15) is 4.79 Å². The molecule has 1 aliphatic rings. The molecule has 1 aliphatic heterocycles. The first kappa shape index (κ1) is 22.2. The monoisotopic (exact) mass is 497 g/mol. The number of carbonyl (C=O) groups excluding carboxylic acids is 1. The lowest BCUT2D eigenvalue weighted by Crippen LogP contribution is -2.47. The van der Waals surface area contributed by atoms with Gasteiger partial charge in [-0.05, 0) is 43.0 Å². The van der Waals surface area contributed by atoms with Crippen molar-refractivity contribution in [2.75, 3.05) is 33.8 Å². The van der Waals surface area contributed by atoms with Crippen molar-refractivity contribution in [3.8, 4) is 5.69 Å². The standard InChI is InChI=1S/C20H27N5O2.HI/c1-21-20(24-14-9-17(10-15-24)19(26)27-2)22-12-8-16-4-6-18(7-5-16)25-13-3-11-23-25;/h3-7,11,13,17H,8-10,12,14-15H2,1-2H3,(H,21,22);1H. The fraction of sp³-hybridized carbons (Fsp3) is 0.450. The summed E-state index contributed by atoms with van der Waals surface area (Å²) < 4.78 is 6.70. The number of nitrogens with one attached hydrogen (secondary N) is 1. The zero-order chi connectivity index (χ0) is 19.1. The molecule has 0 unspecified atom stereocenters. The van der Waals surface area contributed by atoms with Crippen LogP contribution in [0.4, 0.5) is 0 Å². The van der Waals surface area contributed by atoms with Gasteiger partial charge in [-0.25, -0.2) is 4.68 Å². The molecular formula is C20H28IN5O2. The summed E-state index contributed by atoms with van der Waals surface area (Å²) in [6, 6.07) is 10.3. The second-order valence-electron chi connectivity index (χ2n) is 6.63. The van der Waals surface area contributed by atoms with Gasteiger partial charge in [-0.15, -0.1) is 24.0 Å². The number of aromatic nitrogens is 2. The van der Waals surface area contributed by atoms with E-state index in [1.165, 1.54) is 12.7 Å². The van der Waals surface area contributed by atoms with Crippen LogP contribution in [-0.4, -0.2) is 60.4 Å². The van der Waals surface area contributed by atoms with E-state index in [2.05, 4.69) is 44.6 Å². The summed E-state index contributed by atoms with van der Waals surface area (Å²) >= 11 is 0. The molecule has 2 heterocycles. The predicted molar refractivity (Wildman–Crippen MR) is 120 cm³/mol. The van der Waals surface area contributed by atoms with E-state index in [1.54, 1.807) is 13.2 Å². The van der Waals surface area contributed by atoms with Gasteiger partial charge in [0.2, 0.25) is 0 Å². The molecule has 2 aromatic rings. The quantitative estimate of drug-likeness (QED) is 0.298. The highest BCUT2D eigenvalue weighted by molar-refractivity contribution is 14.0. The van der Waals surface area contributed by atoms with Crippen LogP contribution >= 0.6 is 24.0 Å². The van der Waals surface area contributed by atoms with Crippen molar-refractivity contribution in [1.29, 1.82) is 0 Å². The molecule has 0 radical (unpaired) electrons. The van der Waals surface area contributed by atoms with Crippen LogP contribution in [0.25, 0.3) is 5.69 Å². The average Bonchev–Trinajstić information content (AvgIpc) is 3.26. The number of rotatable bonds is 5. The smallest absolute Gasteiger partial charge is 0.308 e. The normalized spacial score (nSPS) is 15.1. The average molecular weight is 497 g/mol. The highest BCUT2D eigenvalue weighted by Gasteiger charge is 2.26. The Bertz CT molecular complexity index is 753. The van der Waals surface area contributed by atoms with E-state index in [0.29, 0.717) is 0 Å². The van der Waals surface area contributed by atoms with Crippen molar-refractivity contribution in [1.82, 2.24) is 20.0 Å². The molecule has 0 saturated carbocycles. The first-order valence-electron chi connectivity index (χ1n) is 9.33. The van der Waals surface area contributed by atoms with Gasteiger partial charge in [0.1, 0.15) is 0 Å². The summed E-state index contributed by atoms with van der Waals surface area (Å²) in [5.74, 6) is 0.806. The molecule has 1 fully saturated rings. The minimum Gasteiger partial charge on any atom is -0.469 e. The molecule has 0 atom stereocenters. The molecule has 1 aromatic heterocycles. The fourth-order valence-electron chi connectivity index (χ4n) is 3.38. The SMILES string of the molecule is CN=C(NCCc1ccc(-n2cccn2)cc1)N1CCC(C(=O)OC)CC1.I. The molecule has 0 spiro atoms. The third-order valence-corrected chi connectivity index (χ3v) is 4.94. The number of aliphatic imine (C=N–C) groups is 1. The molecule has 7 nitrogen and oxygen atoms in total. The molecule has 0 amide bonds. The molecule has 1 aromatic carbocycles. The number of nitrogens with zero attached hydrogens (tertiary/aromatic N) is 4. The topological polar surface area (TPSA) is 71.8 Å². The number of hydrogen-bond donors (Lipinski definition) is 1. The van der Waals surface area contributed by atoms with Crippen LogP contribution in [0.3, 0.4) is 0 Å². The summed E-state index contributed by atoms with van der Waals surface area (Å²) in [6.07, 6.45) is 6.24. The van der Waals surface area contributed by atoms with E-state index in [1.807, 2.05) is 16.9 Å². The Morgan fingerprint density at radius 2 is 2.00 bits per heavy atom. The van der Waals surface area contributed by atoms with Gasteiger partial charge in [0.25, 0.3) is 0 Å². The minimum absolute atomic E-state index is 0. The zero-order valence-corrected chi connectivity index (χ0v) is 18.7. The molecule has 152 valence electrons. The molecule has 8 heteroatoms. The summed E-state index contributed by atoms with van der Waals surface area (Å²) in [6.45, 7) is 2.45. The number of carbonyl (C=O) groups is 1. The number of piperidine rings is 1. The number of methoxy groups -OCH3 is 1. The highest BCUT2D eigenvalue weighted by Crippen LogP contribution is 2.18. The maximum atomic E-state index is 11.6. The van der Waals surface area contributed by atoms with E-state index in [0.717, 1.165) is 50.5 Å². The van der Waals surface area contributed by atoms with Crippen molar-refractivity contribution >= 4 is 35.9 Å². The Morgan fingerprint density at radius 3 is 2.57 bits per heavy atom. The van der Waals surface area contributed by atoms with Gasteiger partial charge in [0.15, 0.2) is 5.96 Å². The lowest BCUT2D eigenvalue weighted by Gasteiger charge is -2.33. The number of halogens is 1. The Hall–Kier alpha value is -2.10. The highest BCUT2D eigenvalue weighted by atomic mass is 127. The van der Waals surface area contributed by atoms with Crippen molar-refractivity contribution in [2.45, 2.75) is 19.3 Å². The number of esters is 1. The van der Waals surface area contributed by atoms with E-state index >= 15 is 0 Å². The van der Waals surface area contributed by atoms with Gasteiger partial charge in [0, 0.05) is 39.1 Å². The van der Waals surface area contributed by atoms with Gasteiger partial charge in [-0.2, -0.15) is 5.10 Å². The van der Waals surface area contributed by atoms with Crippen LogP contribution in [0, 0.1) is 5.92 Å². The maximum Gasteiger partial charge on any atom is 0.308 e. The number of hydrogen-bond acceptors (Lipinski definition) is 4. The summed E-state index contributed by atoms with van der Waals surface area (Å²) in [5, 5.41) is 7.67. The molecule has 1 saturated heterocycles. The minimum atomic E-state index is -0.101. The summed E-state index contributed by atoms with van der Waals surface area (Å²) in [4.78, 5) is 18.2. The Morgan fingerprint density at radius 1 is 1.29 bits per heavy atom. The van der Waals surface area contributed by atoms with Crippen molar-refractivity contribution in [3.05, 3.63) is 48.3 Å². The first-order valence-corrected chi connectivity index (χ1v) is 9.33. The van der Waals surface area contributed by atoms with E-state index < -0.39 is 0 Å². The number of benzene rings is 1. The Labute approximate surface area is 183 Å². The second-order valence-corrected chi connectivity index (χ2v) is 6.63. The fourth-order valence-corrected chi connectivity index (χ4v) is 3.38. The maximum absolute atomic E-state index is 11.6. The Balaban J connectivity index is 0.00000280. The lowest BCUT2D eigenvalue weighted by atomic mass is 9.97. The van der Waals surface area contributed by atoms with Crippen LogP contribution in [0.15, 0.2) is 47.7 Å². The third-order valence-electron chi connectivity index (χ3n) is 4.94. The van der Waals surface area contributed by atoms with Crippen LogP contribution in [0.1, 0.15) is 18.4 Å². The van der Waals surface area contributed by atoms with Gasteiger partial charge in [0.05, 0.1) is 18.7 Å². The Kier molecular flexibility index (Phi) is 8.75. The van der Waals surface area contributed by atoms with Crippen molar-refractivity contribution in [2.24, 2.45) is 10.9 Å². The lowest BCUT2D eigenvalue weighted by molar-refractivity contribution is -0.146. The van der Waals surface area contributed by atoms with Crippen LogP contribution in [0.2, 0.25) is 0 Å². The molecule has 28 heavy (non-hydrogen) atoms. The zero-order valence-electron chi connectivity index (χ0n) is 16.4. The van der Waals surface area contributed by atoms with Gasteiger partial charge >= 0.3 is 5.97 Å². The van der Waals surface area contributed by atoms with Gasteiger partial charge in [-0.3, -0.25) is 9.79 Å².